The molecule has 1 aliphatic heterocycles. The van der Waals surface area contributed by atoms with E-state index in [9.17, 15) is 0 Å². The van der Waals surface area contributed by atoms with E-state index in [0.29, 0.717) is 0 Å². The first-order valence-electron chi connectivity index (χ1n) is 7.63. The number of hydrogen-bond donors (Lipinski definition) is 0. The third-order valence-electron chi connectivity index (χ3n) is 4.95. The Labute approximate surface area is 134 Å². The molecule has 1 aliphatic rings. The van der Waals surface area contributed by atoms with E-state index in [0.717, 1.165) is 16.8 Å². The quantitative estimate of drug-likeness (QED) is 0.802. The van der Waals surface area contributed by atoms with Crippen LogP contribution in [0, 0.1) is 0 Å². The van der Waals surface area contributed by atoms with Gasteiger partial charge in [-0.2, -0.15) is 0 Å². The van der Waals surface area contributed by atoms with Crippen LogP contribution in [0.1, 0.15) is 47.1 Å². The zero-order valence-corrected chi connectivity index (χ0v) is 14.9. The molecule has 2 rings (SSSR count). The first-order chi connectivity index (χ1) is 10.0. The summed E-state index contributed by atoms with van der Waals surface area (Å²) in [5.41, 5.74) is 0.839. The van der Waals surface area contributed by atoms with Gasteiger partial charge in [0.2, 0.25) is 0 Å². The average Bonchev–Trinajstić information content (AvgIpc) is 2.66. The van der Waals surface area contributed by atoms with Crippen molar-refractivity contribution in [1.29, 1.82) is 0 Å². The van der Waals surface area contributed by atoms with Crippen molar-refractivity contribution in [3.8, 4) is 5.75 Å². The molecule has 0 spiro atoms. The topological polar surface area (TPSA) is 36.9 Å². The molecule has 0 bridgehead atoms. The maximum absolute atomic E-state index is 6.11. The molecular weight excluding hydrogens is 279 g/mol. The largest absolute Gasteiger partial charge is 0.498 e. The van der Waals surface area contributed by atoms with Crippen LogP contribution in [-0.2, 0) is 19.6 Å². The van der Waals surface area contributed by atoms with Crippen LogP contribution < -0.4 is 10.2 Å². The molecule has 0 radical (unpaired) electrons. The summed E-state index contributed by atoms with van der Waals surface area (Å²) >= 11 is 0. The maximum Gasteiger partial charge on any atom is 0.498 e. The van der Waals surface area contributed by atoms with Crippen molar-refractivity contribution < 1.29 is 18.8 Å². The van der Waals surface area contributed by atoms with Crippen LogP contribution in [0.2, 0.25) is 0 Å². The molecule has 0 unspecified atom stereocenters. The smallest absolute Gasteiger partial charge is 0.497 e. The second-order valence-corrected chi connectivity index (χ2v) is 7.26. The lowest BCUT2D eigenvalue weighted by atomic mass is 9.77. The van der Waals surface area contributed by atoms with Crippen molar-refractivity contribution >= 4 is 12.6 Å². The lowest BCUT2D eigenvalue weighted by Crippen LogP contribution is -2.41. The van der Waals surface area contributed by atoms with Crippen molar-refractivity contribution in [3.63, 3.8) is 0 Å². The summed E-state index contributed by atoms with van der Waals surface area (Å²) < 4.78 is 23.3. The van der Waals surface area contributed by atoms with Gasteiger partial charge in [-0.25, -0.2) is 0 Å². The zero-order chi connectivity index (χ0) is 16.8. The molecule has 0 N–H and O–H groups in total. The molecular formula is C17H27BO4. The van der Waals surface area contributed by atoms with Crippen LogP contribution in [0.3, 0.4) is 0 Å². The molecule has 1 fully saturated rings. The van der Waals surface area contributed by atoms with Crippen LogP contribution in [0.15, 0.2) is 18.2 Å². The molecule has 0 saturated carbocycles. The normalized spacial score (nSPS) is 20.3. The van der Waals surface area contributed by atoms with Crippen LogP contribution in [0.4, 0.5) is 0 Å². The van der Waals surface area contributed by atoms with Gasteiger partial charge in [-0.3, -0.25) is 0 Å². The molecule has 1 saturated heterocycles. The standard InChI is InChI=1S/C17H27BO4/c1-15(2,20-8)12-9-10-13(14(11-12)19-7)18-21-16(3,4)17(5,6)22-18/h9-11H,1-8H3. The van der Waals surface area contributed by atoms with Gasteiger partial charge in [0.1, 0.15) is 5.75 Å². The molecule has 0 amide bonds. The number of hydrogen-bond acceptors (Lipinski definition) is 4. The molecule has 0 aromatic heterocycles. The van der Waals surface area contributed by atoms with Crippen LogP contribution >= 0.6 is 0 Å². The molecule has 4 nitrogen and oxygen atoms in total. The average molecular weight is 306 g/mol. The highest BCUT2D eigenvalue weighted by molar-refractivity contribution is 6.63. The molecule has 0 aliphatic carbocycles. The SMILES string of the molecule is COc1cc(C(C)(C)OC)ccc1B1OC(C)(C)C(C)(C)O1. The molecule has 122 valence electrons. The second kappa shape index (κ2) is 5.55. The fourth-order valence-corrected chi connectivity index (χ4v) is 2.37. The highest BCUT2D eigenvalue weighted by atomic mass is 16.7. The van der Waals surface area contributed by atoms with Gasteiger partial charge in [0.15, 0.2) is 0 Å². The Kier molecular flexibility index (Phi) is 4.37. The van der Waals surface area contributed by atoms with E-state index in [1.807, 2.05) is 59.7 Å². The molecule has 0 atom stereocenters. The van der Waals surface area contributed by atoms with Gasteiger partial charge >= 0.3 is 7.12 Å². The summed E-state index contributed by atoms with van der Waals surface area (Å²) in [4.78, 5) is 0. The van der Waals surface area contributed by atoms with E-state index in [1.165, 1.54) is 0 Å². The van der Waals surface area contributed by atoms with Crippen LogP contribution in [0.25, 0.3) is 0 Å². The summed E-state index contributed by atoms with van der Waals surface area (Å²) in [5.74, 6) is 0.751. The Hall–Kier alpha value is -1.04. The van der Waals surface area contributed by atoms with E-state index in [-0.39, 0.29) is 16.8 Å². The lowest BCUT2D eigenvalue weighted by molar-refractivity contribution is 0.00578. The van der Waals surface area contributed by atoms with Gasteiger partial charge in [0, 0.05) is 12.6 Å². The Bertz CT molecular complexity index is 536. The Morgan fingerprint density at radius 3 is 2.00 bits per heavy atom. The third-order valence-corrected chi connectivity index (χ3v) is 4.95. The summed E-state index contributed by atoms with van der Waals surface area (Å²) in [5, 5.41) is 0. The van der Waals surface area contributed by atoms with Gasteiger partial charge in [0.05, 0.1) is 23.9 Å². The van der Waals surface area contributed by atoms with E-state index in [2.05, 4.69) is 0 Å². The molecule has 22 heavy (non-hydrogen) atoms. The van der Waals surface area contributed by atoms with Gasteiger partial charge in [-0.05, 0) is 53.2 Å². The summed E-state index contributed by atoms with van der Waals surface area (Å²) in [6.07, 6.45) is 0. The highest BCUT2D eigenvalue weighted by Crippen LogP contribution is 2.37. The number of ether oxygens (including phenoxy) is 2. The van der Waals surface area contributed by atoms with Crippen molar-refractivity contribution in [2.24, 2.45) is 0 Å². The van der Waals surface area contributed by atoms with E-state index >= 15 is 0 Å². The minimum absolute atomic E-state index is 0.368. The number of benzene rings is 1. The fourth-order valence-electron chi connectivity index (χ4n) is 2.37. The Balaban J connectivity index is 2.38. The minimum Gasteiger partial charge on any atom is -0.497 e. The second-order valence-electron chi connectivity index (χ2n) is 7.26. The summed E-state index contributed by atoms with van der Waals surface area (Å²) in [6, 6.07) is 6.02. The van der Waals surface area contributed by atoms with E-state index in [4.69, 9.17) is 18.8 Å². The monoisotopic (exact) mass is 306 g/mol. The predicted octanol–water partition coefficient (Wildman–Crippen LogP) is 2.88. The van der Waals surface area contributed by atoms with Crippen LogP contribution in [0.5, 0.6) is 5.75 Å². The van der Waals surface area contributed by atoms with Crippen molar-refractivity contribution in [2.75, 3.05) is 14.2 Å². The van der Waals surface area contributed by atoms with Gasteiger partial charge < -0.3 is 18.8 Å². The van der Waals surface area contributed by atoms with Crippen molar-refractivity contribution in [3.05, 3.63) is 23.8 Å². The fraction of sp³-hybridized carbons (Fsp3) is 0.647. The molecule has 1 aromatic rings. The first-order valence-corrected chi connectivity index (χ1v) is 7.63. The minimum atomic E-state index is -0.431. The van der Waals surface area contributed by atoms with Crippen LogP contribution in [-0.4, -0.2) is 32.5 Å². The van der Waals surface area contributed by atoms with Crippen molar-refractivity contribution in [1.82, 2.24) is 0 Å². The molecule has 1 heterocycles. The van der Waals surface area contributed by atoms with E-state index in [1.54, 1.807) is 14.2 Å². The van der Waals surface area contributed by atoms with Gasteiger partial charge in [-0.1, -0.05) is 12.1 Å². The Morgan fingerprint density at radius 1 is 1.00 bits per heavy atom. The lowest BCUT2D eigenvalue weighted by Gasteiger charge is -2.32. The highest BCUT2D eigenvalue weighted by Gasteiger charge is 2.52. The van der Waals surface area contributed by atoms with Gasteiger partial charge in [0.25, 0.3) is 0 Å². The predicted molar refractivity (Wildman–Crippen MR) is 88.7 cm³/mol. The molecule has 1 aromatic carbocycles. The van der Waals surface area contributed by atoms with Gasteiger partial charge in [-0.15, -0.1) is 0 Å². The van der Waals surface area contributed by atoms with Crippen molar-refractivity contribution in [2.45, 2.75) is 58.3 Å². The summed E-state index contributed by atoms with van der Waals surface area (Å²) in [7, 11) is 2.93. The van der Waals surface area contributed by atoms with E-state index < -0.39 is 7.12 Å². The number of methoxy groups -OCH3 is 2. The first kappa shape index (κ1) is 17.3. The third kappa shape index (κ3) is 2.90. The number of rotatable bonds is 4. The maximum atomic E-state index is 6.11. The molecule has 5 heteroatoms. The zero-order valence-electron chi connectivity index (χ0n) is 14.9. The Morgan fingerprint density at radius 2 is 1.55 bits per heavy atom. The summed E-state index contributed by atoms with van der Waals surface area (Å²) in [6.45, 7) is 12.2.